The minimum absolute atomic E-state index is 0.0514. The first kappa shape index (κ1) is 14.0. The average molecular weight is 278 g/mol. The Bertz CT molecular complexity index is 489. The van der Waals surface area contributed by atoms with Crippen molar-refractivity contribution < 1.29 is 19.4 Å². The third-order valence-corrected chi connectivity index (χ3v) is 5.28. The number of epoxide rings is 1. The molecule has 4 nitrogen and oxygen atoms in total. The van der Waals surface area contributed by atoms with Gasteiger partial charge in [0.25, 0.3) is 0 Å². The Balaban J connectivity index is 1.95. The van der Waals surface area contributed by atoms with Crippen LogP contribution in [0.1, 0.15) is 46.0 Å². The third-order valence-electron chi connectivity index (χ3n) is 5.28. The van der Waals surface area contributed by atoms with Crippen LogP contribution in [0.25, 0.3) is 0 Å². The number of allylic oxidation sites excluding steroid dienone is 1. The highest BCUT2D eigenvalue weighted by atomic mass is 16.8. The molecule has 0 amide bonds. The molecular formula is C16H22O4. The first-order valence-corrected chi connectivity index (χ1v) is 7.52. The molecule has 3 fully saturated rings. The lowest BCUT2D eigenvalue weighted by atomic mass is 9.67. The van der Waals surface area contributed by atoms with Gasteiger partial charge in [0.1, 0.15) is 5.92 Å². The molecule has 3 aliphatic rings. The van der Waals surface area contributed by atoms with Crippen molar-refractivity contribution in [2.45, 2.75) is 57.3 Å². The van der Waals surface area contributed by atoms with Crippen LogP contribution in [0.5, 0.6) is 0 Å². The highest BCUT2D eigenvalue weighted by Crippen LogP contribution is 2.62. The molecule has 4 heteroatoms. The molecule has 3 rings (SSSR count). The average Bonchev–Trinajstić information content (AvgIpc) is 2.77. The second-order valence-electron chi connectivity index (χ2n) is 6.77. The predicted octanol–water partition coefficient (Wildman–Crippen LogP) is 2.00. The smallest absolute Gasteiger partial charge is 0.211 e. The van der Waals surface area contributed by atoms with Crippen LogP contribution in [0.2, 0.25) is 0 Å². The monoisotopic (exact) mass is 278 g/mol. The lowest BCUT2D eigenvalue weighted by Gasteiger charge is -2.31. The topological polar surface area (TPSA) is 66.9 Å². The van der Waals surface area contributed by atoms with Crippen LogP contribution in [0, 0.1) is 17.8 Å². The number of hydrogen-bond donors (Lipinski definition) is 1. The van der Waals surface area contributed by atoms with E-state index in [1.54, 1.807) is 0 Å². The Morgan fingerprint density at radius 3 is 2.50 bits per heavy atom. The summed E-state index contributed by atoms with van der Waals surface area (Å²) in [7, 11) is 0. The molecule has 3 atom stereocenters. The largest absolute Gasteiger partial charge is 0.362 e. The molecule has 0 bridgehead atoms. The van der Waals surface area contributed by atoms with Crippen LogP contribution in [-0.4, -0.2) is 28.1 Å². The van der Waals surface area contributed by atoms with Gasteiger partial charge in [0.15, 0.2) is 17.2 Å². The summed E-state index contributed by atoms with van der Waals surface area (Å²) in [5.41, 5.74) is -0.477. The zero-order valence-corrected chi connectivity index (χ0v) is 12.1. The lowest BCUT2D eigenvalue weighted by molar-refractivity contribution is -0.141. The minimum Gasteiger partial charge on any atom is -0.362 e. The summed E-state index contributed by atoms with van der Waals surface area (Å²) in [5, 5.41) is 10.4. The number of aliphatic hydroxyl groups is 1. The van der Waals surface area contributed by atoms with Crippen molar-refractivity contribution in [2.24, 2.45) is 17.8 Å². The molecule has 0 spiro atoms. The van der Waals surface area contributed by atoms with Gasteiger partial charge in [-0.05, 0) is 18.8 Å². The van der Waals surface area contributed by atoms with E-state index in [-0.39, 0.29) is 29.8 Å². The van der Waals surface area contributed by atoms with Gasteiger partial charge in [-0.3, -0.25) is 9.59 Å². The summed E-state index contributed by atoms with van der Waals surface area (Å²) >= 11 is 0. The quantitative estimate of drug-likeness (QED) is 0.487. The molecule has 20 heavy (non-hydrogen) atoms. The molecule has 0 aromatic heterocycles. The minimum atomic E-state index is -1.54. The number of ether oxygens (including phenoxy) is 1. The van der Waals surface area contributed by atoms with Gasteiger partial charge >= 0.3 is 0 Å². The van der Waals surface area contributed by atoms with E-state index in [2.05, 4.69) is 6.58 Å². The van der Waals surface area contributed by atoms with Crippen LogP contribution >= 0.6 is 0 Å². The number of Topliss-reactive ketones (excluding diaryl/α,β-unsaturated/α-hetero) is 2. The van der Waals surface area contributed by atoms with Gasteiger partial charge in [-0.25, -0.2) is 0 Å². The number of hydrogen-bond acceptors (Lipinski definition) is 4. The predicted molar refractivity (Wildman–Crippen MR) is 72.8 cm³/mol. The van der Waals surface area contributed by atoms with Gasteiger partial charge in [0.2, 0.25) is 5.79 Å². The Hall–Kier alpha value is -1.00. The lowest BCUT2D eigenvalue weighted by Crippen LogP contribution is -2.52. The molecule has 0 radical (unpaired) electrons. The fourth-order valence-corrected chi connectivity index (χ4v) is 3.99. The van der Waals surface area contributed by atoms with Gasteiger partial charge in [0, 0.05) is 5.92 Å². The van der Waals surface area contributed by atoms with Crippen molar-refractivity contribution in [3.8, 4) is 0 Å². The van der Waals surface area contributed by atoms with E-state index in [4.69, 9.17) is 4.74 Å². The van der Waals surface area contributed by atoms with Gasteiger partial charge in [-0.1, -0.05) is 38.8 Å². The molecule has 0 aromatic rings. The molecule has 1 N–H and O–H groups in total. The SMILES string of the molecule is C=C(C(C)C)C1C(=O)CC2(O)OC2(C2CCCC2)C1=O. The van der Waals surface area contributed by atoms with Crippen molar-refractivity contribution >= 4 is 11.6 Å². The first-order chi connectivity index (χ1) is 9.33. The van der Waals surface area contributed by atoms with E-state index in [9.17, 15) is 14.7 Å². The maximum absolute atomic E-state index is 12.9. The zero-order chi connectivity index (χ0) is 14.7. The van der Waals surface area contributed by atoms with Crippen LogP contribution in [0.3, 0.4) is 0 Å². The second kappa shape index (κ2) is 4.25. The molecule has 2 saturated carbocycles. The molecular weight excluding hydrogens is 256 g/mol. The summed E-state index contributed by atoms with van der Waals surface area (Å²) in [6.07, 6.45) is 3.82. The Labute approximate surface area is 119 Å². The number of carbonyl (C=O) groups is 2. The van der Waals surface area contributed by atoms with Crippen LogP contribution in [-0.2, 0) is 14.3 Å². The van der Waals surface area contributed by atoms with Crippen LogP contribution in [0.4, 0.5) is 0 Å². The molecule has 0 aromatic carbocycles. The van der Waals surface area contributed by atoms with Crippen molar-refractivity contribution in [1.29, 1.82) is 0 Å². The van der Waals surface area contributed by atoms with E-state index in [1.807, 2.05) is 13.8 Å². The van der Waals surface area contributed by atoms with Crippen molar-refractivity contribution in [1.82, 2.24) is 0 Å². The van der Waals surface area contributed by atoms with Gasteiger partial charge in [-0.15, -0.1) is 0 Å². The van der Waals surface area contributed by atoms with Crippen LogP contribution in [0.15, 0.2) is 12.2 Å². The third kappa shape index (κ3) is 1.61. The van der Waals surface area contributed by atoms with E-state index in [0.29, 0.717) is 5.57 Å². The zero-order valence-electron chi connectivity index (χ0n) is 12.1. The normalized spacial score (nSPS) is 41.1. The van der Waals surface area contributed by atoms with E-state index in [0.717, 1.165) is 25.7 Å². The fraction of sp³-hybridized carbons (Fsp3) is 0.750. The number of ketones is 2. The Morgan fingerprint density at radius 1 is 1.35 bits per heavy atom. The highest BCUT2D eigenvalue weighted by molar-refractivity contribution is 6.14. The summed E-state index contributed by atoms with van der Waals surface area (Å²) in [5.74, 6) is -2.71. The van der Waals surface area contributed by atoms with Crippen molar-refractivity contribution in [3.05, 3.63) is 12.2 Å². The molecule has 3 unspecified atom stereocenters. The second-order valence-corrected chi connectivity index (χ2v) is 6.77. The van der Waals surface area contributed by atoms with Gasteiger partial charge in [-0.2, -0.15) is 0 Å². The fourth-order valence-electron chi connectivity index (χ4n) is 3.99. The van der Waals surface area contributed by atoms with Crippen LogP contribution < -0.4 is 0 Å². The molecule has 1 saturated heterocycles. The van der Waals surface area contributed by atoms with Crippen molar-refractivity contribution in [3.63, 3.8) is 0 Å². The van der Waals surface area contributed by atoms with E-state index < -0.39 is 17.3 Å². The van der Waals surface area contributed by atoms with Gasteiger partial charge in [0.05, 0.1) is 6.42 Å². The van der Waals surface area contributed by atoms with E-state index in [1.165, 1.54) is 0 Å². The summed E-state index contributed by atoms with van der Waals surface area (Å²) in [4.78, 5) is 25.1. The van der Waals surface area contributed by atoms with E-state index >= 15 is 0 Å². The summed E-state index contributed by atoms with van der Waals surface area (Å²) in [6, 6.07) is 0. The van der Waals surface area contributed by atoms with Gasteiger partial charge < -0.3 is 9.84 Å². The Kier molecular flexibility index (Phi) is 2.96. The number of fused-ring (bicyclic) bond motifs is 1. The molecule has 1 aliphatic heterocycles. The molecule has 1 heterocycles. The standard InChI is InChI=1S/C16H22O4/c1-9(2)10(3)13-12(17)8-15(19)16(20-15,14(13)18)11-6-4-5-7-11/h9,11,13,19H,3-8H2,1-2H3. The number of rotatable bonds is 3. The summed E-state index contributed by atoms with van der Waals surface area (Å²) < 4.78 is 5.52. The maximum Gasteiger partial charge on any atom is 0.211 e. The Morgan fingerprint density at radius 2 is 1.95 bits per heavy atom. The molecule has 2 aliphatic carbocycles. The molecule has 110 valence electrons. The highest BCUT2D eigenvalue weighted by Gasteiger charge is 2.81. The first-order valence-electron chi connectivity index (χ1n) is 7.52. The maximum atomic E-state index is 12.9. The summed E-state index contributed by atoms with van der Waals surface area (Å²) in [6.45, 7) is 7.79. The number of carbonyl (C=O) groups excluding carboxylic acids is 2. The van der Waals surface area contributed by atoms with Crippen molar-refractivity contribution in [2.75, 3.05) is 0 Å².